The van der Waals surface area contributed by atoms with Crippen LogP contribution < -0.4 is 10.2 Å². The van der Waals surface area contributed by atoms with E-state index in [1.807, 2.05) is 0 Å². The number of halogens is 4. The number of hydrazone groups is 1. The Morgan fingerprint density at radius 3 is 2.32 bits per heavy atom. The van der Waals surface area contributed by atoms with Crippen LogP contribution in [0.2, 0.25) is 5.02 Å². The topological polar surface area (TPSA) is 59.4 Å². The molecule has 0 spiro atoms. The first-order valence-electron chi connectivity index (χ1n) is 8.00. The van der Waals surface area contributed by atoms with Gasteiger partial charge in [0.05, 0.1) is 19.0 Å². The summed E-state index contributed by atoms with van der Waals surface area (Å²) in [7, 11) is 1.55. The number of ether oxygens (including phenoxy) is 1. The Hall–Kier alpha value is -3.13. The van der Waals surface area contributed by atoms with Crippen LogP contribution in [-0.4, -0.2) is 23.3 Å². The zero-order valence-corrected chi connectivity index (χ0v) is 15.3. The molecule has 0 unspecified atom stereocenters. The first kappa shape index (κ1) is 19.6. The molecule has 0 fully saturated rings. The molecule has 1 N–H and O–H groups in total. The van der Waals surface area contributed by atoms with Gasteiger partial charge in [0.25, 0.3) is 0 Å². The molecule has 1 aromatic heterocycles. The van der Waals surface area contributed by atoms with Crippen LogP contribution in [0.3, 0.4) is 0 Å². The van der Waals surface area contributed by atoms with Gasteiger partial charge in [-0.1, -0.05) is 23.7 Å². The predicted octanol–water partition coefficient (Wildman–Crippen LogP) is 5.27. The van der Waals surface area contributed by atoms with E-state index in [0.29, 0.717) is 16.3 Å². The number of hydrogen-bond donors (Lipinski definition) is 1. The summed E-state index contributed by atoms with van der Waals surface area (Å²) < 4.78 is 44.6. The zero-order chi connectivity index (χ0) is 20.1. The summed E-state index contributed by atoms with van der Waals surface area (Å²) in [6, 6.07) is 14.1. The van der Waals surface area contributed by atoms with E-state index in [0.717, 1.165) is 11.6 Å². The molecule has 0 amide bonds. The van der Waals surface area contributed by atoms with Gasteiger partial charge in [-0.2, -0.15) is 18.3 Å². The number of aromatic nitrogens is 2. The lowest BCUT2D eigenvalue weighted by Crippen LogP contribution is -2.11. The van der Waals surface area contributed by atoms with E-state index < -0.39 is 11.9 Å². The van der Waals surface area contributed by atoms with E-state index >= 15 is 0 Å². The number of hydrogen-bond acceptors (Lipinski definition) is 5. The van der Waals surface area contributed by atoms with Crippen LogP contribution in [0.15, 0.2) is 59.7 Å². The molecule has 5 nitrogen and oxygen atoms in total. The molecule has 2 aromatic carbocycles. The molecule has 1 heterocycles. The van der Waals surface area contributed by atoms with Crippen molar-refractivity contribution in [3.63, 3.8) is 0 Å². The van der Waals surface area contributed by atoms with Crippen molar-refractivity contribution >= 4 is 23.8 Å². The maximum absolute atomic E-state index is 13.2. The molecular weight excluding hydrogens is 393 g/mol. The molecule has 0 aliphatic rings. The molecule has 0 atom stereocenters. The minimum atomic E-state index is -4.62. The summed E-state index contributed by atoms with van der Waals surface area (Å²) in [4.78, 5) is 7.61. The summed E-state index contributed by atoms with van der Waals surface area (Å²) in [5.41, 5.74) is 2.66. The maximum atomic E-state index is 13.2. The Morgan fingerprint density at radius 1 is 1.04 bits per heavy atom. The van der Waals surface area contributed by atoms with Crippen LogP contribution in [-0.2, 0) is 6.18 Å². The number of benzene rings is 2. The van der Waals surface area contributed by atoms with Crippen molar-refractivity contribution in [2.45, 2.75) is 6.18 Å². The Labute approximate surface area is 163 Å². The van der Waals surface area contributed by atoms with E-state index in [2.05, 4.69) is 20.5 Å². The van der Waals surface area contributed by atoms with Gasteiger partial charge in [0.2, 0.25) is 5.95 Å². The quantitative estimate of drug-likeness (QED) is 0.463. The van der Waals surface area contributed by atoms with Crippen molar-refractivity contribution in [2.75, 3.05) is 12.5 Å². The molecule has 144 valence electrons. The second-order valence-corrected chi connectivity index (χ2v) is 6.05. The maximum Gasteiger partial charge on any atom is 0.433 e. The van der Waals surface area contributed by atoms with Gasteiger partial charge in [-0.25, -0.2) is 15.4 Å². The summed E-state index contributed by atoms with van der Waals surface area (Å²) >= 11 is 5.83. The summed E-state index contributed by atoms with van der Waals surface area (Å²) in [5.74, 6) is 0.406. The van der Waals surface area contributed by atoms with Crippen molar-refractivity contribution in [2.24, 2.45) is 5.10 Å². The normalized spacial score (nSPS) is 11.6. The molecule has 3 rings (SSSR count). The minimum absolute atomic E-state index is 0.0983. The van der Waals surface area contributed by atoms with Gasteiger partial charge < -0.3 is 4.74 Å². The number of methoxy groups -OCH3 is 1. The van der Waals surface area contributed by atoms with Gasteiger partial charge in [0.15, 0.2) is 5.69 Å². The Morgan fingerprint density at radius 2 is 1.71 bits per heavy atom. The van der Waals surface area contributed by atoms with E-state index in [1.54, 1.807) is 55.6 Å². The third-order valence-corrected chi connectivity index (χ3v) is 3.90. The van der Waals surface area contributed by atoms with Crippen LogP contribution >= 0.6 is 11.6 Å². The number of alkyl halides is 3. The molecule has 0 saturated heterocycles. The molecule has 9 heteroatoms. The highest BCUT2D eigenvalue weighted by atomic mass is 35.5. The first-order valence-corrected chi connectivity index (χ1v) is 8.38. The number of anilines is 1. The average Bonchev–Trinajstić information content (AvgIpc) is 2.68. The van der Waals surface area contributed by atoms with E-state index in [9.17, 15) is 13.2 Å². The molecule has 0 bridgehead atoms. The van der Waals surface area contributed by atoms with E-state index in [4.69, 9.17) is 16.3 Å². The lowest BCUT2D eigenvalue weighted by Gasteiger charge is -2.10. The lowest BCUT2D eigenvalue weighted by atomic mass is 10.1. The zero-order valence-electron chi connectivity index (χ0n) is 14.5. The highest BCUT2D eigenvalue weighted by Gasteiger charge is 2.33. The second-order valence-electron chi connectivity index (χ2n) is 5.61. The molecule has 0 radical (unpaired) electrons. The Balaban J connectivity index is 1.87. The first-order chi connectivity index (χ1) is 13.3. The number of rotatable bonds is 5. The van der Waals surface area contributed by atoms with Crippen molar-refractivity contribution in [1.29, 1.82) is 0 Å². The van der Waals surface area contributed by atoms with Crippen molar-refractivity contribution in [1.82, 2.24) is 9.97 Å². The fraction of sp³-hybridized carbons (Fsp3) is 0.105. The molecule has 3 aromatic rings. The van der Waals surface area contributed by atoms with Crippen molar-refractivity contribution < 1.29 is 17.9 Å². The monoisotopic (exact) mass is 406 g/mol. The molecule has 0 aliphatic carbocycles. The van der Waals surface area contributed by atoms with Crippen LogP contribution in [0.1, 0.15) is 11.3 Å². The molecule has 28 heavy (non-hydrogen) atoms. The molecule has 0 saturated carbocycles. The van der Waals surface area contributed by atoms with Crippen molar-refractivity contribution in [3.8, 4) is 17.0 Å². The van der Waals surface area contributed by atoms with Crippen molar-refractivity contribution in [3.05, 3.63) is 70.9 Å². The van der Waals surface area contributed by atoms with Gasteiger partial charge in [-0.05, 0) is 48.0 Å². The smallest absolute Gasteiger partial charge is 0.433 e. The van der Waals surface area contributed by atoms with Crippen LogP contribution in [0, 0.1) is 0 Å². The van der Waals surface area contributed by atoms with Gasteiger partial charge in [0.1, 0.15) is 5.75 Å². The van der Waals surface area contributed by atoms with E-state index in [-0.39, 0.29) is 11.6 Å². The van der Waals surface area contributed by atoms with Gasteiger partial charge in [0, 0.05) is 10.6 Å². The fourth-order valence-electron chi connectivity index (χ4n) is 2.27. The summed E-state index contributed by atoms with van der Waals surface area (Å²) in [5, 5.41) is 4.38. The highest BCUT2D eigenvalue weighted by Crippen LogP contribution is 2.31. The fourth-order valence-corrected chi connectivity index (χ4v) is 2.39. The van der Waals surface area contributed by atoms with Crippen LogP contribution in [0.5, 0.6) is 5.75 Å². The largest absolute Gasteiger partial charge is 0.497 e. The molecular formula is C19H14ClF3N4O. The molecule has 0 aliphatic heterocycles. The van der Waals surface area contributed by atoms with Crippen LogP contribution in [0.4, 0.5) is 19.1 Å². The minimum Gasteiger partial charge on any atom is -0.497 e. The van der Waals surface area contributed by atoms with Gasteiger partial charge in [-0.15, -0.1) is 0 Å². The summed E-state index contributed by atoms with van der Waals surface area (Å²) in [6.07, 6.45) is -3.19. The lowest BCUT2D eigenvalue weighted by molar-refractivity contribution is -0.141. The highest BCUT2D eigenvalue weighted by molar-refractivity contribution is 6.30. The third kappa shape index (κ3) is 4.98. The third-order valence-electron chi connectivity index (χ3n) is 3.65. The van der Waals surface area contributed by atoms with Gasteiger partial charge >= 0.3 is 6.18 Å². The average molecular weight is 407 g/mol. The SMILES string of the molecule is COc1ccc(C=NNc2nc(-c3ccc(Cl)cc3)cc(C(F)(F)F)n2)cc1. The predicted molar refractivity (Wildman–Crippen MR) is 102 cm³/mol. The second kappa shape index (κ2) is 8.26. The van der Waals surface area contributed by atoms with Crippen LogP contribution in [0.25, 0.3) is 11.3 Å². The van der Waals surface area contributed by atoms with Gasteiger partial charge in [-0.3, -0.25) is 0 Å². The summed E-state index contributed by atoms with van der Waals surface area (Å²) in [6.45, 7) is 0. The Bertz CT molecular complexity index is 974. The van der Waals surface area contributed by atoms with E-state index in [1.165, 1.54) is 6.21 Å². The number of nitrogens with one attached hydrogen (secondary N) is 1. The number of nitrogens with zero attached hydrogens (tertiary/aromatic N) is 3. The standard InChI is InChI=1S/C19H14ClF3N4O/c1-28-15-8-2-12(3-9-15)11-24-27-18-25-16(10-17(26-18)19(21,22)23)13-4-6-14(20)7-5-13/h2-11H,1H3,(H,25,26,27). The Kier molecular flexibility index (Phi) is 5.79.